The molecule has 1 aliphatic carbocycles. The SMILES string of the molecule is NC(=O)c1cccc(NS(=O)(=O)c2ccc(C3CCCCC3)cc2)c1. The van der Waals surface area contributed by atoms with Gasteiger partial charge in [-0.25, -0.2) is 8.42 Å². The lowest BCUT2D eigenvalue weighted by molar-refractivity contribution is 0.100. The zero-order valence-electron chi connectivity index (χ0n) is 13.9. The van der Waals surface area contributed by atoms with Crippen LogP contribution in [0.15, 0.2) is 53.4 Å². The monoisotopic (exact) mass is 358 g/mol. The Morgan fingerprint density at radius 1 is 1.00 bits per heavy atom. The van der Waals surface area contributed by atoms with Gasteiger partial charge in [-0.15, -0.1) is 0 Å². The molecule has 0 spiro atoms. The first-order valence-electron chi connectivity index (χ1n) is 8.48. The first-order valence-corrected chi connectivity index (χ1v) is 9.97. The molecule has 0 aromatic heterocycles. The molecule has 0 bridgehead atoms. The number of sulfonamides is 1. The van der Waals surface area contributed by atoms with Crippen molar-refractivity contribution in [3.8, 4) is 0 Å². The minimum atomic E-state index is -3.71. The largest absolute Gasteiger partial charge is 0.366 e. The van der Waals surface area contributed by atoms with Crippen molar-refractivity contribution < 1.29 is 13.2 Å². The molecule has 3 N–H and O–H groups in total. The Labute approximate surface area is 148 Å². The highest BCUT2D eigenvalue weighted by Crippen LogP contribution is 2.33. The fourth-order valence-corrected chi connectivity index (χ4v) is 4.35. The summed E-state index contributed by atoms with van der Waals surface area (Å²) in [6.45, 7) is 0. The van der Waals surface area contributed by atoms with E-state index < -0.39 is 15.9 Å². The lowest BCUT2D eigenvalue weighted by Gasteiger charge is -2.22. The Kier molecular flexibility index (Phi) is 5.08. The molecule has 0 aliphatic heterocycles. The number of nitrogens with one attached hydrogen (secondary N) is 1. The molecule has 0 radical (unpaired) electrons. The van der Waals surface area contributed by atoms with Gasteiger partial charge in [0.2, 0.25) is 5.91 Å². The first-order chi connectivity index (χ1) is 12.0. The highest BCUT2D eigenvalue weighted by molar-refractivity contribution is 7.92. The Balaban J connectivity index is 1.77. The van der Waals surface area contributed by atoms with Crippen LogP contribution >= 0.6 is 0 Å². The molecule has 0 saturated heterocycles. The molecular weight excluding hydrogens is 336 g/mol. The molecule has 132 valence electrons. The van der Waals surface area contributed by atoms with Crippen molar-refractivity contribution in [2.24, 2.45) is 5.73 Å². The van der Waals surface area contributed by atoms with E-state index in [1.165, 1.54) is 43.7 Å². The second-order valence-corrected chi connectivity index (χ2v) is 8.14. The number of amides is 1. The van der Waals surface area contributed by atoms with Crippen LogP contribution in [0.1, 0.15) is 53.9 Å². The van der Waals surface area contributed by atoms with Crippen molar-refractivity contribution in [2.45, 2.75) is 42.9 Å². The van der Waals surface area contributed by atoms with Gasteiger partial charge < -0.3 is 5.73 Å². The van der Waals surface area contributed by atoms with Gasteiger partial charge in [0.25, 0.3) is 10.0 Å². The maximum Gasteiger partial charge on any atom is 0.261 e. The maximum absolute atomic E-state index is 12.5. The molecule has 1 saturated carbocycles. The van der Waals surface area contributed by atoms with Crippen LogP contribution in [0.5, 0.6) is 0 Å². The van der Waals surface area contributed by atoms with Gasteiger partial charge in [0, 0.05) is 11.3 Å². The standard InChI is InChI=1S/C19H22N2O3S/c20-19(22)16-7-4-8-17(13-16)21-25(23,24)18-11-9-15(10-12-18)14-5-2-1-3-6-14/h4,7-14,21H,1-3,5-6H2,(H2,20,22). The summed E-state index contributed by atoms with van der Waals surface area (Å²) in [7, 11) is -3.71. The predicted molar refractivity (Wildman–Crippen MR) is 98.0 cm³/mol. The molecule has 5 nitrogen and oxygen atoms in total. The van der Waals surface area contributed by atoms with E-state index >= 15 is 0 Å². The zero-order valence-corrected chi connectivity index (χ0v) is 14.8. The highest BCUT2D eigenvalue weighted by Gasteiger charge is 2.18. The molecular formula is C19H22N2O3S. The summed E-state index contributed by atoms with van der Waals surface area (Å²) in [5.74, 6) is -0.0661. The summed E-state index contributed by atoms with van der Waals surface area (Å²) in [4.78, 5) is 11.4. The third-order valence-corrected chi connectivity index (χ3v) is 6.06. The summed E-state index contributed by atoms with van der Waals surface area (Å²) < 4.78 is 27.6. The van der Waals surface area contributed by atoms with Gasteiger partial charge in [-0.3, -0.25) is 9.52 Å². The molecule has 3 rings (SSSR count). The molecule has 1 amide bonds. The number of hydrogen-bond acceptors (Lipinski definition) is 3. The van der Waals surface area contributed by atoms with E-state index in [-0.39, 0.29) is 10.5 Å². The maximum atomic E-state index is 12.5. The van der Waals surface area contributed by atoms with Gasteiger partial charge in [-0.05, 0) is 54.7 Å². The van der Waals surface area contributed by atoms with Crippen molar-refractivity contribution in [1.29, 1.82) is 0 Å². The molecule has 25 heavy (non-hydrogen) atoms. The van der Waals surface area contributed by atoms with Crippen molar-refractivity contribution in [2.75, 3.05) is 4.72 Å². The summed E-state index contributed by atoms with van der Waals surface area (Å²) >= 11 is 0. The van der Waals surface area contributed by atoms with Crippen molar-refractivity contribution in [3.05, 3.63) is 59.7 Å². The van der Waals surface area contributed by atoms with Crippen LogP contribution in [0.4, 0.5) is 5.69 Å². The van der Waals surface area contributed by atoms with Crippen LogP contribution in [0.2, 0.25) is 0 Å². The van der Waals surface area contributed by atoms with Crippen LogP contribution in [0, 0.1) is 0 Å². The topological polar surface area (TPSA) is 89.3 Å². The van der Waals surface area contributed by atoms with E-state index in [0.29, 0.717) is 11.6 Å². The molecule has 6 heteroatoms. The normalized spacial score (nSPS) is 15.7. The van der Waals surface area contributed by atoms with E-state index in [4.69, 9.17) is 5.73 Å². The molecule has 2 aromatic carbocycles. The smallest absolute Gasteiger partial charge is 0.261 e. The number of hydrogen-bond donors (Lipinski definition) is 2. The summed E-state index contributed by atoms with van der Waals surface area (Å²) in [5, 5.41) is 0. The van der Waals surface area contributed by atoms with Crippen LogP contribution in [0.25, 0.3) is 0 Å². The number of nitrogens with two attached hydrogens (primary N) is 1. The van der Waals surface area contributed by atoms with Gasteiger partial charge in [-0.1, -0.05) is 37.5 Å². The van der Waals surface area contributed by atoms with Gasteiger partial charge in [0.15, 0.2) is 0 Å². The number of carbonyl (C=O) groups is 1. The van der Waals surface area contributed by atoms with Gasteiger partial charge >= 0.3 is 0 Å². The predicted octanol–water partition coefficient (Wildman–Crippen LogP) is 3.63. The number of benzene rings is 2. The van der Waals surface area contributed by atoms with Crippen LogP contribution < -0.4 is 10.5 Å². The van der Waals surface area contributed by atoms with E-state index in [1.807, 2.05) is 12.1 Å². The van der Waals surface area contributed by atoms with E-state index in [1.54, 1.807) is 30.3 Å². The van der Waals surface area contributed by atoms with Crippen molar-refractivity contribution in [1.82, 2.24) is 0 Å². The number of carbonyl (C=O) groups excluding carboxylic acids is 1. The number of anilines is 1. The second-order valence-electron chi connectivity index (χ2n) is 6.45. The second kappa shape index (κ2) is 7.27. The fraction of sp³-hybridized carbons (Fsp3) is 0.316. The average Bonchev–Trinajstić information content (AvgIpc) is 2.62. The summed E-state index contributed by atoms with van der Waals surface area (Å²) in [5.41, 5.74) is 7.00. The fourth-order valence-electron chi connectivity index (χ4n) is 3.31. The van der Waals surface area contributed by atoms with Crippen molar-refractivity contribution in [3.63, 3.8) is 0 Å². The molecule has 0 unspecified atom stereocenters. The average molecular weight is 358 g/mol. The van der Waals surface area contributed by atoms with Gasteiger partial charge in [0.1, 0.15) is 0 Å². The molecule has 0 atom stereocenters. The molecule has 1 aliphatic rings. The first kappa shape index (κ1) is 17.5. The minimum Gasteiger partial charge on any atom is -0.366 e. The third-order valence-electron chi connectivity index (χ3n) is 4.67. The molecule has 1 fully saturated rings. The summed E-state index contributed by atoms with van der Waals surface area (Å²) in [6.07, 6.45) is 6.11. The van der Waals surface area contributed by atoms with Crippen molar-refractivity contribution >= 4 is 21.6 Å². The van der Waals surface area contributed by atoms with Crippen LogP contribution in [0.3, 0.4) is 0 Å². The van der Waals surface area contributed by atoms with Gasteiger partial charge in [-0.2, -0.15) is 0 Å². The zero-order chi connectivity index (χ0) is 17.9. The highest BCUT2D eigenvalue weighted by atomic mass is 32.2. The number of rotatable bonds is 5. The Bertz CT molecular complexity index is 854. The third kappa shape index (κ3) is 4.20. The molecule has 0 heterocycles. The lowest BCUT2D eigenvalue weighted by Crippen LogP contribution is -2.15. The molecule has 2 aromatic rings. The van der Waals surface area contributed by atoms with E-state index in [2.05, 4.69) is 4.72 Å². The quantitative estimate of drug-likeness (QED) is 0.855. The number of primary amides is 1. The Morgan fingerprint density at radius 3 is 2.32 bits per heavy atom. The Hall–Kier alpha value is -2.34. The van der Waals surface area contributed by atoms with Crippen LogP contribution in [-0.4, -0.2) is 14.3 Å². The lowest BCUT2D eigenvalue weighted by atomic mass is 9.84. The van der Waals surface area contributed by atoms with Gasteiger partial charge in [0.05, 0.1) is 4.90 Å². The summed E-state index contributed by atoms with van der Waals surface area (Å²) in [6, 6.07) is 13.2. The van der Waals surface area contributed by atoms with E-state index in [9.17, 15) is 13.2 Å². The van der Waals surface area contributed by atoms with Crippen LogP contribution in [-0.2, 0) is 10.0 Å². The Morgan fingerprint density at radius 2 is 1.68 bits per heavy atom. The minimum absolute atomic E-state index is 0.205. The van der Waals surface area contributed by atoms with E-state index in [0.717, 1.165) is 0 Å².